The van der Waals surface area contributed by atoms with Gasteiger partial charge in [0.05, 0.1) is 0 Å². The van der Waals surface area contributed by atoms with Crippen molar-refractivity contribution in [2.45, 2.75) is 52.7 Å². The molecule has 2 aromatic carbocycles. The predicted octanol–water partition coefficient (Wildman–Crippen LogP) is 6.07. The maximum atomic E-state index is 12.8. The van der Waals surface area contributed by atoms with Crippen molar-refractivity contribution in [2.75, 3.05) is 26.0 Å². The Balaban J connectivity index is 1.44. The van der Waals surface area contributed by atoms with Crippen LogP contribution in [0.25, 0.3) is 12.2 Å². The summed E-state index contributed by atoms with van der Waals surface area (Å²) in [7, 11) is 4.80. The van der Waals surface area contributed by atoms with E-state index in [1.54, 1.807) is 28.6 Å². The Morgan fingerprint density at radius 1 is 0.952 bits per heavy atom. The zero-order chi connectivity index (χ0) is 31.0. The largest absolute Gasteiger partial charge is 0.415 e. The lowest BCUT2D eigenvalue weighted by molar-refractivity contribution is -0.137. The Morgan fingerprint density at radius 2 is 1.57 bits per heavy atom. The third-order valence-corrected chi connectivity index (χ3v) is 10.1. The van der Waals surface area contributed by atoms with E-state index in [9.17, 15) is 19.2 Å². The van der Waals surface area contributed by atoms with Gasteiger partial charge in [-0.05, 0) is 81.0 Å². The molecule has 2 aromatic rings. The molecule has 8 nitrogen and oxygen atoms in total. The van der Waals surface area contributed by atoms with Gasteiger partial charge in [0.2, 0.25) is 5.91 Å². The van der Waals surface area contributed by atoms with Crippen molar-refractivity contribution in [3.05, 3.63) is 75.9 Å². The number of aryl methyl sites for hydroxylation is 3. The summed E-state index contributed by atoms with van der Waals surface area (Å²) in [6, 6.07) is 10.1. The first kappa shape index (κ1) is 33.0. The van der Waals surface area contributed by atoms with Gasteiger partial charge in [0.1, 0.15) is 12.4 Å². The number of amides is 4. The third kappa shape index (κ3) is 9.52. The van der Waals surface area contributed by atoms with E-state index in [1.807, 2.05) is 45.0 Å². The first-order chi connectivity index (χ1) is 19.8. The monoisotopic (exact) mass is 609 g/mol. The van der Waals surface area contributed by atoms with Crippen LogP contribution in [-0.2, 0) is 14.4 Å². The van der Waals surface area contributed by atoms with Crippen molar-refractivity contribution >= 4 is 57.6 Å². The minimum Gasteiger partial charge on any atom is -0.410 e. The number of hydrogen-bond donors (Lipinski definition) is 1. The third-order valence-electron chi connectivity index (χ3n) is 6.85. The van der Waals surface area contributed by atoms with Crippen molar-refractivity contribution < 1.29 is 23.9 Å². The van der Waals surface area contributed by atoms with Crippen LogP contribution in [0.15, 0.2) is 42.5 Å². The minimum absolute atomic E-state index is 0.144. The van der Waals surface area contributed by atoms with Crippen LogP contribution in [-0.4, -0.2) is 64.4 Å². The fraction of sp³-hybridized carbons (Fsp3) is 0.375. The number of carbonyl (C=O) groups excluding carboxylic acids is 4. The van der Waals surface area contributed by atoms with Crippen LogP contribution in [0.4, 0.5) is 4.79 Å². The molecule has 1 aliphatic rings. The number of nitrogens with zero attached hydrogens (tertiary/aromatic N) is 2. The Morgan fingerprint density at radius 3 is 2.21 bits per heavy atom. The summed E-state index contributed by atoms with van der Waals surface area (Å²) >= 11 is 0. The van der Waals surface area contributed by atoms with Crippen LogP contribution in [0.2, 0.25) is 0 Å². The number of carbonyl (C=O) groups is 4. The van der Waals surface area contributed by atoms with E-state index in [0.29, 0.717) is 18.0 Å². The summed E-state index contributed by atoms with van der Waals surface area (Å²) in [6.07, 6.45) is 6.22. The molecule has 0 bridgehead atoms. The lowest BCUT2D eigenvalue weighted by Gasteiger charge is -2.24. The quantitative estimate of drug-likeness (QED) is 0.135. The average molecular weight is 610 g/mol. The fourth-order valence-corrected chi connectivity index (χ4v) is 6.61. The second-order valence-electron chi connectivity index (χ2n) is 11.0. The van der Waals surface area contributed by atoms with Gasteiger partial charge in [-0.3, -0.25) is 19.3 Å². The molecule has 0 spiro atoms. The molecular formula is C32H39N3O5S2. The van der Waals surface area contributed by atoms with Crippen LogP contribution < -0.4 is 10.1 Å². The van der Waals surface area contributed by atoms with Crippen LogP contribution in [0.3, 0.4) is 0 Å². The van der Waals surface area contributed by atoms with Gasteiger partial charge in [0, 0.05) is 42.7 Å². The zero-order valence-corrected chi connectivity index (χ0v) is 26.9. The number of nitrogens with one attached hydrogen (secondary N) is 1. The SMILES string of the molecule is Cc1ccc(/C=C\c2cc(C)c(C)c(C)c2)cc1OC(=O)N(C)CCSSC(C)(C)CC(=O)NCN1C(=O)C=CC1=O. The Bertz CT molecular complexity index is 1380. The van der Waals surface area contributed by atoms with E-state index in [2.05, 4.69) is 44.3 Å². The van der Waals surface area contributed by atoms with Gasteiger partial charge in [-0.1, -0.05) is 58.0 Å². The molecule has 0 fully saturated rings. The molecule has 0 radical (unpaired) electrons. The highest BCUT2D eigenvalue weighted by Crippen LogP contribution is 2.38. The number of rotatable bonds is 12. The molecule has 0 saturated heterocycles. The maximum Gasteiger partial charge on any atom is 0.415 e. The summed E-state index contributed by atoms with van der Waals surface area (Å²) in [5, 5.41) is 2.63. The molecule has 3 rings (SSSR count). The lowest BCUT2D eigenvalue weighted by Crippen LogP contribution is -2.42. The van der Waals surface area contributed by atoms with E-state index in [4.69, 9.17) is 4.74 Å². The molecule has 4 amide bonds. The summed E-state index contributed by atoms with van der Waals surface area (Å²) in [5.74, 6) is 0.0384. The predicted molar refractivity (Wildman–Crippen MR) is 172 cm³/mol. The normalized spacial score (nSPS) is 13.3. The summed E-state index contributed by atoms with van der Waals surface area (Å²) in [5.41, 5.74) is 6.75. The van der Waals surface area contributed by atoms with Gasteiger partial charge >= 0.3 is 6.09 Å². The van der Waals surface area contributed by atoms with Gasteiger partial charge in [-0.15, -0.1) is 0 Å². The molecule has 1 heterocycles. The molecule has 10 heteroatoms. The van der Waals surface area contributed by atoms with Gasteiger partial charge in [0.25, 0.3) is 11.8 Å². The zero-order valence-electron chi connectivity index (χ0n) is 25.3. The van der Waals surface area contributed by atoms with Gasteiger partial charge in [-0.25, -0.2) is 4.79 Å². The van der Waals surface area contributed by atoms with E-state index < -0.39 is 22.7 Å². The maximum absolute atomic E-state index is 12.8. The van der Waals surface area contributed by atoms with Crippen LogP contribution in [0.5, 0.6) is 5.75 Å². The molecule has 224 valence electrons. The second-order valence-corrected chi connectivity index (χ2v) is 14.1. The van der Waals surface area contributed by atoms with E-state index in [0.717, 1.165) is 21.6 Å². The first-order valence-corrected chi connectivity index (χ1v) is 16.0. The number of imide groups is 1. The highest BCUT2D eigenvalue weighted by atomic mass is 33.1. The average Bonchev–Trinajstić information content (AvgIpc) is 3.24. The van der Waals surface area contributed by atoms with Crippen molar-refractivity contribution in [1.29, 1.82) is 0 Å². The van der Waals surface area contributed by atoms with E-state index in [-0.39, 0.29) is 19.0 Å². The number of hydrogen-bond acceptors (Lipinski definition) is 7. The van der Waals surface area contributed by atoms with Crippen molar-refractivity contribution in [1.82, 2.24) is 15.1 Å². The van der Waals surface area contributed by atoms with E-state index >= 15 is 0 Å². The lowest BCUT2D eigenvalue weighted by atomic mass is 10.00. The molecule has 0 aliphatic carbocycles. The van der Waals surface area contributed by atoms with Crippen LogP contribution >= 0.6 is 21.6 Å². The van der Waals surface area contributed by atoms with E-state index in [1.165, 1.54) is 33.7 Å². The molecular weight excluding hydrogens is 571 g/mol. The highest BCUT2D eigenvalue weighted by Gasteiger charge is 2.26. The smallest absolute Gasteiger partial charge is 0.410 e. The summed E-state index contributed by atoms with van der Waals surface area (Å²) in [4.78, 5) is 50.9. The van der Waals surface area contributed by atoms with Gasteiger partial charge in [0.15, 0.2) is 0 Å². The van der Waals surface area contributed by atoms with Crippen LogP contribution in [0, 0.1) is 27.7 Å². The number of benzene rings is 2. The molecule has 0 atom stereocenters. The number of ether oxygens (including phenoxy) is 1. The van der Waals surface area contributed by atoms with Gasteiger partial charge < -0.3 is 15.0 Å². The summed E-state index contributed by atoms with van der Waals surface area (Å²) < 4.78 is 5.32. The second kappa shape index (κ2) is 14.6. The fourth-order valence-electron chi connectivity index (χ4n) is 4.06. The van der Waals surface area contributed by atoms with Crippen molar-refractivity contribution in [3.8, 4) is 5.75 Å². The van der Waals surface area contributed by atoms with Gasteiger partial charge in [-0.2, -0.15) is 0 Å². The van der Waals surface area contributed by atoms with Crippen molar-refractivity contribution in [3.63, 3.8) is 0 Å². The topological polar surface area (TPSA) is 96.0 Å². The molecule has 42 heavy (non-hydrogen) atoms. The minimum atomic E-state index is -0.436. The van der Waals surface area contributed by atoms with Crippen LogP contribution in [0.1, 0.15) is 53.6 Å². The Labute approximate surface area is 256 Å². The molecule has 0 aromatic heterocycles. The molecule has 0 unspecified atom stereocenters. The standard InChI is InChI=1S/C32H39N3O5S2/c1-21-8-9-25(10-11-26-16-22(2)24(4)23(3)17-26)18-27(21)40-31(39)34(7)14-15-41-42-32(5,6)19-28(36)33-20-35-29(37)12-13-30(35)38/h8-13,16-18H,14-15,19-20H2,1-7H3,(H,33,36)/b11-10-. The molecule has 1 aliphatic heterocycles. The Kier molecular flexibility index (Phi) is 11.5. The van der Waals surface area contributed by atoms with Crippen molar-refractivity contribution in [2.24, 2.45) is 0 Å². The Hall–Kier alpha value is -3.50. The summed E-state index contributed by atoms with van der Waals surface area (Å²) in [6.45, 7) is 12.5. The highest BCUT2D eigenvalue weighted by molar-refractivity contribution is 8.77. The molecule has 0 saturated carbocycles. The molecule has 1 N–H and O–H groups in total. The first-order valence-electron chi connectivity index (χ1n) is 13.7.